The summed E-state index contributed by atoms with van der Waals surface area (Å²) in [6.07, 6.45) is 3.80. The van der Waals surface area contributed by atoms with Gasteiger partial charge in [0.25, 0.3) is 0 Å². The molecule has 26 heavy (non-hydrogen) atoms. The summed E-state index contributed by atoms with van der Waals surface area (Å²) >= 11 is 0. The predicted molar refractivity (Wildman–Crippen MR) is 111 cm³/mol. The molecule has 5 heteroatoms. The molecule has 2 heterocycles. The zero-order valence-corrected chi connectivity index (χ0v) is 16.7. The third-order valence-corrected chi connectivity index (χ3v) is 5.76. The zero-order chi connectivity index (χ0) is 18.4. The minimum absolute atomic E-state index is 0.459. The summed E-state index contributed by atoms with van der Waals surface area (Å²) in [4.78, 5) is 9.47. The van der Waals surface area contributed by atoms with Crippen LogP contribution in [0.1, 0.15) is 31.7 Å². The fraction of sp³-hybridized carbons (Fsp3) is 0.667. The molecular formula is C21H35N5. The van der Waals surface area contributed by atoms with Crippen LogP contribution in [0.3, 0.4) is 0 Å². The predicted octanol–water partition coefficient (Wildman–Crippen LogP) is 2.47. The molecule has 2 aliphatic rings. The van der Waals surface area contributed by atoms with Crippen molar-refractivity contribution in [2.75, 3.05) is 51.2 Å². The van der Waals surface area contributed by atoms with Gasteiger partial charge in [-0.15, -0.1) is 0 Å². The van der Waals surface area contributed by atoms with Crippen LogP contribution in [0, 0.1) is 12.8 Å². The molecule has 0 aliphatic carbocycles. The molecule has 2 saturated heterocycles. The van der Waals surface area contributed by atoms with Gasteiger partial charge in [-0.3, -0.25) is 4.99 Å². The second-order valence-electron chi connectivity index (χ2n) is 7.77. The summed E-state index contributed by atoms with van der Waals surface area (Å²) < 4.78 is 0. The van der Waals surface area contributed by atoms with E-state index in [0.29, 0.717) is 6.04 Å². The number of guanidine groups is 1. The molecule has 0 aromatic heterocycles. The lowest BCUT2D eigenvalue weighted by atomic mass is 9.98. The van der Waals surface area contributed by atoms with Gasteiger partial charge in [-0.2, -0.15) is 0 Å². The number of anilines is 1. The molecule has 0 bridgehead atoms. The van der Waals surface area contributed by atoms with Crippen molar-refractivity contribution in [3.8, 4) is 0 Å². The maximum absolute atomic E-state index is 4.45. The molecule has 0 amide bonds. The number of nitrogens with one attached hydrogen (secondary N) is 2. The molecule has 1 aromatic rings. The molecular weight excluding hydrogens is 322 g/mol. The third kappa shape index (κ3) is 5.13. The average molecular weight is 358 g/mol. The van der Waals surface area contributed by atoms with E-state index >= 15 is 0 Å². The molecule has 1 aromatic carbocycles. The summed E-state index contributed by atoms with van der Waals surface area (Å²) in [7, 11) is 1.88. The van der Waals surface area contributed by atoms with Crippen LogP contribution in [0.25, 0.3) is 0 Å². The van der Waals surface area contributed by atoms with Gasteiger partial charge in [0.2, 0.25) is 0 Å². The number of hydrogen-bond donors (Lipinski definition) is 2. The third-order valence-electron chi connectivity index (χ3n) is 5.76. The number of benzene rings is 1. The van der Waals surface area contributed by atoms with Crippen LogP contribution in [-0.4, -0.2) is 63.2 Å². The van der Waals surface area contributed by atoms with Gasteiger partial charge < -0.3 is 20.4 Å². The van der Waals surface area contributed by atoms with Gasteiger partial charge in [0.1, 0.15) is 0 Å². The standard InChI is InChI=1S/C21H35N5/c1-4-25-12-5-6-18(15-25)14-23-21(22-3)24-19-11-13-26(16-19)20-9-7-17(2)8-10-20/h7-10,18-19H,4-6,11-16H2,1-3H3,(H2,22,23,24). The first-order valence-corrected chi connectivity index (χ1v) is 10.2. The Labute approximate surface area is 158 Å². The average Bonchev–Trinajstić information content (AvgIpc) is 3.14. The summed E-state index contributed by atoms with van der Waals surface area (Å²) in [6, 6.07) is 9.31. The number of nitrogens with zero attached hydrogens (tertiary/aromatic N) is 3. The minimum Gasteiger partial charge on any atom is -0.369 e. The smallest absolute Gasteiger partial charge is 0.191 e. The van der Waals surface area contributed by atoms with Crippen LogP contribution in [0.15, 0.2) is 29.3 Å². The van der Waals surface area contributed by atoms with E-state index in [1.165, 1.54) is 43.7 Å². The highest BCUT2D eigenvalue weighted by molar-refractivity contribution is 5.80. The lowest BCUT2D eigenvalue weighted by Crippen LogP contribution is -2.47. The topological polar surface area (TPSA) is 42.9 Å². The van der Waals surface area contributed by atoms with Crippen molar-refractivity contribution in [1.29, 1.82) is 0 Å². The van der Waals surface area contributed by atoms with Crippen LogP contribution < -0.4 is 15.5 Å². The number of piperidine rings is 1. The van der Waals surface area contributed by atoms with Crippen molar-refractivity contribution in [3.63, 3.8) is 0 Å². The second-order valence-corrected chi connectivity index (χ2v) is 7.77. The highest BCUT2D eigenvalue weighted by Gasteiger charge is 2.24. The Hall–Kier alpha value is -1.75. The maximum atomic E-state index is 4.45. The van der Waals surface area contributed by atoms with Gasteiger partial charge in [0.05, 0.1) is 0 Å². The Morgan fingerprint density at radius 2 is 1.96 bits per heavy atom. The van der Waals surface area contributed by atoms with Gasteiger partial charge in [0, 0.05) is 45.0 Å². The van der Waals surface area contributed by atoms with Gasteiger partial charge in [0.15, 0.2) is 5.96 Å². The normalized spacial score (nSPS) is 24.7. The molecule has 0 saturated carbocycles. The number of aliphatic imine (C=N–C) groups is 1. The van der Waals surface area contributed by atoms with E-state index < -0.39 is 0 Å². The number of likely N-dealkylation sites (tertiary alicyclic amines) is 1. The van der Waals surface area contributed by atoms with Crippen LogP contribution in [0.5, 0.6) is 0 Å². The Morgan fingerprint density at radius 1 is 1.15 bits per heavy atom. The largest absolute Gasteiger partial charge is 0.369 e. The minimum atomic E-state index is 0.459. The number of rotatable bonds is 5. The maximum Gasteiger partial charge on any atom is 0.191 e. The SMILES string of the molecule is CCN1CCCC(CNC(=NC)NC2CCN(c3ccc(C)cc3)C2)C1. The fourth-order valence-electron chi connectivity index (χ4n) is 4.10. The Balaban J connectivity index is 1.44. The lowest BCUT2D eigenvalue weighted by Gasteiger charge is -2.32. The molecule has 2 unspecified atom stereocenters. The summed E-state index contributed by atoms with van der Waals surface area (Å²) in [6.45, 7) is 11.2. The van der Waals surface area contributed by atoms with Crippen molar-refractivity contribution in [2.45, 2.75) is 39.2 Å². The molecule has 5 nitrogen and oxygen atoms in total. The van der Waals surface area contributed by atoms with E-state index in [2.05, 4.69) is 63.5 Å². The fourth-order valence-corrected chi connectivity index (χ4v) is 4.10. The Bertz CT molecular complexity index is 583. The number of aryl methyl sites for hydroxylation is 1. The van der Waals surface area contributed by atoms with Gasteiger partial charge in [-0.25, -0.2) is 0 Å². The summed E-state index contributed by atoms with van der Waals surface area (Å²) in [5.41, 5.74) is 2.64. The van der Waals surface area contributed by atoms with Crippen molar-refractivity contribution in [3.05, 3.63) is 29.8 Å². The first-order chi connectivity index (χ1) is 12.7. The molecule has 2 N–H and O–H groups in total. The molecule has 2 atom stereocenters. The van der Waals surface area contributed by atoms with Crippen LogP contribution >= 0.6 is 0 Å². The summed E-state index contributed by atoms with van der Waals surface area (Å²) in [5.74, 6) is 1.68. The zero-order valence-electron chi connectivity index (χ0n) is 16.7. The van der Waals surface area contributed by atoms with E-state index in [1.807, 2.05) is 7.05 Å². The number of hydrogen-bond acceptors (Lipinski definition) is 3. The van der Waals surface area contributed by atoms with Crippen LogP contribution in [-0.2, 0) is 0 Å². The lowest BCUT2D eigenvalue weighted by molar-refractivity contribution is 0.183. The van der Waals surface area contributed by atoms with Gasteiger partial charge in [-0.1, -0.05) is 24.6 Å². The molecule has 2 aliphatic heterocycles. The van der Waals surface area contributed by atoms with E-state index in [0.717, 1.165) is 37.9 Å². The highest BCUT2D eigenvalue weighted by Crippen LogP contribution is 2.21. The molecule has 3 rings (SSSR count). The van der Waals surface area contributed by atoms with Crippen LogP contribution in [0.2, 0.25) is 0 Å². The van der Waals surface area contributed by atoms with Crippen molar-refractivity contribution >= 4 is 11.6 Å². The quantitative estimate of drug-likeness (QED) is 0.628. The van der Waals surface area contributed by atoms with E-state index in [4.69, 9.17) is 0 Å². The van der Waals surface area contributed by atoms with Crippen LogP contribution in [0.4, 0.5) is 5.69 Å². The van der Waals surface area contributed by atoms with Crippen molar-refractivity contribution in [2.24, 2.45) is 10.9 Å². The molecule has 144 valence electrons. The molecule has 2 fully saturated rings. The summed E-state index contributed by atoms with van der Waals surface area (Å²) in [5, 5.41) is 7.19. The molecule has 0 radical (unpaired) electrons. The van der Waals surface area contributed by atoms with Crippen molar-refractivity contribution < 1.29 is 0 Å². The van der Waals surface area contributed by atoms with Gasteiger partial charge in [-0.05, 0) is 57.3 Å². The van der Waals surface area contributed by atoms with E-state index in [9.17, 15) is 0 Å². The first-order valence-electron chi connectivity index (χ1n) is 10.2. The highest BCUT2D eigenvalue weighted by atomic mass is 15.2. The van der Waals surface area contributed by atoms with Gasteiger partial charge >= 0.3 is 0 Å². The second kappa shape index (κ2) is 9.26. The Morgan fingerprint density at radius 3 is 2.69 bits per heavy atom. The van der Waals surface area contributed by atoms with E-state index in [1.54, 1.807) is 0 Å². The Kier molecular flexibility index (Phi) is 6.78. The van der Waals surface area contributed by atoms with Crippen molar-refractivity contribution in [1.82, 2.24) is 15.5 Å². The van der Waals surface area contributed by atoms with E-state index in [-0.39, 0.29) is 0 Å². The first kappa shape index (κ1) is 19.0. The molecule has 0 spiro atoms. The monoisotopic (exact) mass is 357 g/mol.